The van der Waals surface area contributed by atoms with Gasteiger partial charge >= 0.3 is 0 Å². The fraction of sp³-hybridized carbons (Fsp3) is 0.467. The van der Waals surface area contributed by atoms with Crippen molar-refractivity contribution in [1.82, 2.24) is 20.1 Å². The van der Waals surface area contributed by atoms with E-state index in [0.717, 1.165) is 31.7 Å². The second kappa shape index (κ2) is 6.05. The van der Waals surface area contributed by atoms with Crippen LogP contribution in [0.2, 0.25) is 0 Å². The van der Waals surface area contributed by atoms with Crippen molar-refractivity contribution in [3.63, 3.8) is 0 Å². The molecule has 106 valence electrons. The van der Waals surface area contributed by atoms with E-state index in [4.69, 9.17) is 4.74 Å². The van der Waals surface area contributed by atoms with E-state index in [1.54, 1.807) is 19.8 Å². The number of benzene rings is 1. The van der Waals surface area contributed by atoms with Gasteiger partial charge in [-0.25, -0.2) is 4.98 Å². The van der Waals surface area contributed by atoms with Crippen LogP contribution in [0.15, 0.2) is 30.9 Å². The van der Waals surface area contributed by atoms with Gasteiger partial charge in [-0.15, -0.1) is 0 Å². The van der Waals surface area contributed by atoms with Crippen molar-refractivity contribution in [3.05, 3.63) is 42.0 Å². The van der Waals surface area contributed by atoms with Gasteiger partial charge < -0.3 is 10.1 Å². The number of aromatic nitrogens is 3. The van der Waals surface area contributed by atoms with Gasteiger partial charge in [0.25, 0.3) is 0 Å². The molecule has 1 unspecified atom stereocenters. The number of aryl methyl sites for hydroxylation is 1. The van der Waals surface area contributed by atoms with E-state index in [1.165, 1.54) is 17.5 Å². The van der Waals surface area contributed by atoms with Crippen LogP contribution in [-0.2, 0) is 19.4 Å². The minimum atomic E-state index is 0.540. The maximum Gasteiger partial charge on any atom is 0.137 e. The lowest BCUT2D eigenvalue weighted by molar-refractivity contribution is 0.409. The maximum absolute atomic E-state index is 5.31. The average molecular weight is 272 g/mol. The summed E-state index contributed by atoms with van der Waals surface area (Å²) in [5.41, 5.74) is 2.87. The normalized spacial score (nSPS) is 17.8. The van der Waals surface area contributed by atoms with Crippen molar-refractivity contribution in [2.45, 2.75) is 31.8 Å². The molecule has 1 aliphatic rings. The number of ether oxygens (including phenoxy) is 1. The van der Waals surface area contributed by atoms with Crippen LogP contribution in [0.1, 0.15) is 17.5 Å². The summed E-state index contributed by atoms with van der Waals surface area (Å²) in [4.78, 5) is 3.95. The number of nitrogens with zero attached hydrogens (tertiary/aromatic N) is 3. The Morgan fingerprint density at radius 1 is 1.40 bits per heavy atom. The number of fused-ring (bicyclic) bond motifs is 1. The molecule has 0 aliphatic heterocycles. The molecule has 0 fully saturated rings. The Morgan fingerprint density at radius 2 is 2.35 bits per heavy atom. The molecule has 1 N–H and O–H groups in total. The van der Waals surface area contributed by atoms with Crippen molar-refractivity contribution in [1.29, 1.82) is 0 Å². The summed E-state index contributed by atoms with van der Waals surface area (Å²) in [6, 6.07) is 6.95. The smallest absolute Gasteiger partial charge is 0.137 e. The molecular weight excluding hydrogens is 252 g/mol. The molecule has 1 aliphatic carbocycles. The van der Waals surface area contributed by atoms with Gasteiger partial charge in [0.2, 0.25) is 0 Å². The Kier molecular flexibility index (Phi) is 3.97. The number of rotatable bonds is 5. The highest BCUT2D eigenvalue weighted by Gasteiger charge is 2.18. The Labute approximate surface area is 119 Å². The van der Waals surface area contributed by atoms with E-state index in [1.807, 2.05) is 4.68 Å². The predicted molar refractivity (Wildman–Crippen MR) is 76.8 cm³/mol. The topological polar surface area (TPSA) is 52.0 Å². The van der Waals surface area contributed by atoms with Gasteiger partial charge in [-0.3, -0.25) is 4.68 Å². The van der Waals surface area contributed by atoms with E-state index >= 15 is 0 Å². The molecule has 1 aromatic heterocycles. The van der Waals surface area contributed by atoms with Gasteiger partial charge in [0, 0.05) is 12.6 Å². The first-order valence-electron chi connectivity index (χ1n) is 7.07. The molecule has 1 heterocycles. The molecule has 1 atom stereocenters. The molecule has 3 rings (SSSR count). The zero-order valence-corrected chi connectivity index (χ0v) is 11.7. The third-order valence-corrected chi connectivity index (χ3v) is 3.88. The number of methoxy groups -OCH3 is 1. The first-order valence-corrected chi connectivity index (χ1v) is 7.07. The fourth-order valence-electron chi connectivity index (χ4n) is 2.77. The SMILES string of the molecule is COc1ccc2c(c1)CC(NCCn1cncn1)CC2. The minimum Gasteiger partial charge on any atom is -0.497 e. The molecule has 0 amide bonds. The largest absolute Gasteiger partial charge is 0.497 e. The lowest BCUT2D eigenvalue weighted by Crippen LogP contribution is -2.36. The Hall–Kier alpha value is -1.88. The van der Waals surface area contributed by atoms with Crippen molar-refractivity contribution in [2.24, 2.45) is 0 Å². The summed E-state index contributed by atoms with van der Waals surface area (Å²) < 4.78 is 7.16. The van der Waals surface area contributed by atoms with Crippen molar-refractivity contribution in [2.75, 3.05) is 13.7 Å². The summed E-state index contributed by atoms with van der Waals surface area (Å²) in [5, 5.41) is 7.72. The molecule has 5 nitrogen and oxygen atoms in total. The van der Waals surface area contributed by atoms with Crippen LogP contribution in [0.4, 0.5) is 0 Å². The number of hydrogen-bond acceptors (Lipinski definition) is 4. The maximum atomic E-state index is 5.31. The van der Waals surface area contributed by atoms with Crippen LogP contribution in [0.5, 0.6) is 5.75 Å². The van der Waals surface area contributed by atoms with E-state index in [9.17, 15) is 0 Å². The van der Waals surface area contributed by atoms with Crippen LogP contribution in [0.25, 0.3) is 0 Å². The fourth-order valence-corrected chi connectivity index (χ4v) is 2.77. The molecule has 1 aromatic carbocycles. The van der Waals surface area contributed by atoms with E-state index < -0.39 is 0 Å². The molecule has 0 bridgehead atoms. The first kappa shape index (κ1) is 13.1. The van der Waals surface area contributed by atoms with Crippen LogP contribution in [0, 0.1) is 0 Å². The first-order chi connectivity index (χ1) is 9.85. The van der Waals surface area contributed by atoms with Gasteiger partial charge in [-0.2, -0.15) is 5.10 Å². The highest BCUT2D eigenvalue weighted by molar-refractivity contribution is 5.37. The summed E-state index contributed by atoms with van der Waals surface area (Å²) in [7, 11) is 1.72. The second-order valence-corrected chi connectivity index (χ2v) is 5.19. The molecule has 5 heteroatoms. The van der Waals surface area contributed by atoms with Gasteiger partial charge in [0.05, 0.1) is 13.7 Å². The zero-order valence-electron chi connectivity index (χ0n) is 11.7. The molecule has 20 heavy (non-hydrogen) atoms. The molecule has 0 saturated heterocycles. The van der Waals surface area contributed by atoms with Crippen molar-refractivity contribution < 1.29 is 4.74 Å². The Morgan fingerprint density at radius 3 is 3.15 bits per heavy atom. The van der Waals surface area contributed by atoms with Gasteiger partial charge in [0.15, 0.2) is 0 Å². The Bertz CT molecular complexity index is 553. The Balaban J connectivity index is 1.55. The van der Waals surface area contributed by atoms with E-state index in [0.29, 0.717) is 6.04 Å². The van der Waals surface area contributed by atoms with Gasteiger partial charge in [0.1, 0.15) is 18.4 Å². The lowest BCUT2D eigenvalue weighted by atomic mass is 9.88. The number of hydrogen-bond donors (Lipinski definition) is 1. The summed E-state index contributed by atoms with van der Waals surface area (Å²) in [5.74, 6) is 0.951. The van der Waals surface area contributed by atoms with Gasteiger partial charge in [-0.05, 0) is 42.5 Å². The minimum absolute atomic E-state index is 0.540. The molecular formula is C15H20N4O. The van der Waals surface area contributed by atoms with E-state index in [2.05, 4.69) is 33.6 Å². The zero-order chi connectivity index (χ0) is 13.8. The number of nitrogens with one attached hydrogen (secondary N) is 1. The third-order valence-electron chi connectivity index (χ3n) is 3.88. The highest BCUT2D eigenvalue weighted by Crippen LogP contribution is 2.25. The van der Waals surface area contributed by atoms with Crippen molar-refractivity contribution >= 4 is 0 Å². The van der Waals surface area contributed by atoms with Gasteiger partial charge in [-0.1, -0.05) is 6.07 Å². The summed E-state index contributed by atoms with van der Waals surface area (Å²) in [6.45, 7) is 1.79. The second-order valence-electron chi connectivity index (χ2n) is 5.19. The average Bonchev–Trinajstić information content (AvgIpc) is 3.00. The standard InChI is InChI=1S/C15H20N4O/c1-20-15-5-3-12-2-4-14(8-13(12)9-15)17-6-7-19-11-16-10-18-19/h3,5,9-11,14,17H,2,4,6-8H2,1H3. The van der Waals surface area contributed by atoms with Crippen LogP contribution >= 0.6 is 0 Å². The molecule has 2 aromatic rings. The van der Waals surface area contributed by atoms with Crippen LogP contribution in [0.3, 0.4) is 0 Å². The predicted octanol–water partition coefficient (Wildman–Crippen LogP) is 1.43. The van der Waals surface area contributed by atoms with Crippen molar-refractivity contribution in [3.8, 4) is 5.75 Å². The third kappa shape index (κ3) is 2.99. The monoisotopic (exact) mass is 272 g/mol. The van der Waals surface area contributed by atoms with Crippen LogP contribution < -0.4 is 10.1 Å². The molecule has 0 saturated carbocycles. The van der Waals surface area contributed by atoms with Crippen LogP contribution in [-0.4, -0.2) is 34.5 Å². The highest BCUT2D eigenvalue weighted by atomic mass is 16.5. The lowest BCUT2D eigenvalue weighted by Gasteiger charge is -2.26. The quantitative estimate of drug-likeness (QED) is 0.894. The molecule has 0 spiro atoms. The van der Waals surface area contributed by atoms with E-state index in [-0.39, 0.29) is 0 Å². The summed E-state index contributed by atoms with van der Waals surface area (Å²) >= 11 is 0. The molecule has 0 radical (unpaired) electrons. The summed E-state index contributed by atoms with van der Waals surface area (Å²) in [6.07, 6.45) is 6.73.